The molecule has 1 heterocycles. The number of nitrogens with zero attached hydrogens (tertiary/aromatic N) is 2. The average molecular weight is 350 g/mol. The molecule has 0 bridgehead atoms. The van der Waals surface area contributed by atoms with E-state index in [1.165, 1.54) is 6.08 Å². The highest BCUT2D eigenvalue weighted by molar-refractivity contribution is 6.31. The maximum absolute atomic E-state index is 12.1. The fraction of sp³-hybridized carbons (Fsp3) is 0.294. The molecule has 1 amide bonds. The Morgan fingerprint density at radius 2 is 2.25 bits per heavy atom. The molecule has 7 heteroatoms. The number of benzene rings is 1. The van der Waals surface area contributed by atoms with Gasteiger partial charge in [0.2, 0.25) is 5.91 Å². The number of aliphatic hydroxyl groups excluding tert-OH is 1. The number of nitrogens with one attached hydrogen (secondary N) is 1. The molecular weight excluding hydrogens is 330 g/mol. The Morgan fingerprint density at radius 1 is 1.50 bits per heavy atom. The van der Waals surface area contributed by atoms with E-state index in [0.717, 1.165) is 5.69 Å². The van der Waals surface area contributed by atoms with E-state index >= 15 is 0 Å². The molecule has 6 nitrogen and oxygen atoms in total. The van der Waals surface area contributed by atoms with E-state index in [9.17, 15) is 9.90 Å². The van der Waals surface area contributed by atoms with E-state index in [2.05, 4.69) is 10.4 Å². The molecule has 0 atom stereocenters. The largest absolute Gasteiger partial charge is 0.494 e. The molecule has 0 radical (unpaired) electrons. The lowest BCUT2D eigenvalue weighted by molar-refractivity contribution is -0.111. The summed E-state index contributed by atoms with van der Waals surface area (Å²) < 4.78 is 6.96. The van der Waals surface area contributed by atoms with Crippen LogP contribution in [0.4, 0.5) is 5.69 Å². The highest BCUT2D eigenvalue weighted by atomic mass is 35.5. The number of aromatic nitrogens is 2. The number of ether oxygens (including phenoxy) is 1. The van der Waals surface area contributed by atoms with Crippen molar-refractivity contribution >= 4 is 29.3 Å². The van der Waals surface area contributed by atoms with Gasteiger partial charge in [-0.2, -0.15) is 5.10 Å². The minimum Gasteiger partial charge on any atom is -0.494 e. The minimum absolute atomic E-state index is 0.167. The Labute approximate surface area is 145 Å². The Morgan fingerprint density at radius 3 is 2.83 bits per heavy atom. The monoisotopic (exact) mass is 349 g/mol. The molecule has 0 aliphatic carbocycles. The summed E-state index contributed by atoms with van der Waals surface area (Å²) in [6.07, 6.45) is 3.02. The predicted octanol–water partition coefficient (Wildman–Crippen LogP) is 2.92. The molecule has 2 N–H and O–H groups in total. The molecule has 2 rings (SSSR count). The number of aryl methyl sites for hydroxylation is 2. The van der Waals surface area contributed by atoms with Gasteiger partial charge >= 0.3 is 0 Å². The second kappa shape index (κ2) is 7.99. The summed E-state index contributed by atoms with van der Waals surface area (Å²) in [4.78, 5) is 12.1. The van der Waals surface area contributed by atoms with Crippen molar-refractivity contribution in [1.82, 2.24) is 9.78 Å². The van der Waals surface area contributed by atoms with Gasteiger partial charge in [0.05, 0.1) is 18.9 Å². The topological polar surface area (TPSA) is 76.4 Å². The van der Waals surface area contributed by atoms with Crippen LogP contribution in [0.3, 0.4) is 0 Å². The summed E-state index contributed by atoms with van der Waals surface area (Å²) in [6, 6.07) is 5.12. The van der Waals surface area contributed by atoms with Crippen molar-refractivity contribution in [1.29, 1.82) is 0 Å². The van der Waals surface area contributed by atoms with Crippen molar-refractivity contribution in [2.75, 3.05) is 11.9 Å². The van der Waals surface area contributed by atoms with Crippen molar-refractivity contribution in [2.24, 2.45) is 7.05 Å². The van der Waals surface area contributed by atoms with Gasteiger partial charge in [0.25, 0.3) is 0 Å². The fourth-order valence-corrected chi connectivity index (χ4v) is 2.49. The summed E-state index contributed by atoms with van der Waals surface area (Å²) in [6.45, 7) is 4.03. The highest BCUT2D eigenvalue weighted by Crippen LogP contribution is 2.23. The van der Waals surface area contributed by atoms with Crippen LogP contribution in [0.15, 0.2) is 24.3 Å². The Hall–Kier alpha value is -2.31. The zero-order valence-electron chi connectivity index (χ0n) is 13.8. The Balaban J connectivity index is 2.10. The first-order valence-corrected chi connectivity index (χ1v) is 7.88. The summed E-state index contributed by atoms with van der Waals surface area (Å²) >= 11 is 6.12. The van der Waals surface area contributed by atoms with Gasteiger partial charge in [-0.05, 0) is 38.1 Å². The quantitative estimate of drug-likeness (QED) is 0.786. The SMILES string of the molecule is CCOc1ccc(NC(=O)/C=C/c2c(C)nn(C)c2Cl)cc1CO. The van der Waals surface area contributed by atoms with E-state index in [0.29, 0.717) is 34.3 Å². The van der Waals surface area contributed by atoms with E-state index in [-0.39, 0.29) is 12.5 Å². The van der Waals surface area contributed by atoms with Crippen LogP contribution in [0.25, 0.3) is 6.08 Å². The number of carbonyl (C=O) groups is 1. The van der Waals surface area contributed by atoms with Crippen molar-refractivity contribution in [3.05, 3.63) is 46.2 Å². The van der Waals surface area contributed by atoms with Crippen LogP contribution in [-0.4, -0.2) is 27.4 Å². The molecule has 1 aromatic heterocycles. The summed E-state index contributed by atoms with van der Waals surface area (Å²) in [5, 5.41) is 16.8. The normalized spacial score (nSPS) is 11.0. The van der Waals surface area contributed by atoms with Crippen LogP contribution in [0, 0.1) is 6.92 Å². The van der Waals surface area contributed by atoms with E-state index < -0.39 is 0 Å². The third-order valence-electron chi connectivity index (χ3n) is 3.40. The van der Waals surface area contributed by atoms with Gasteiger partial charge in [-0.15, -0.1) is 0 Å². The Kier molecular flexibility index (Phi) is 6.00. The number of amides is 1. The first-order valence-electron chi connectivity index (χ1n) is 7.51. The average Bonchev–Trinajstić information content (AvgIpc) is 2.79. The molecular formula is C17H20ClN3O3. The molecule has 2 aromatic rings. The van der Waals surface area contributed by atoms with Crippen molar-refractivity contribution < 1.29 is 14.6 Å². The minimum atomic E-state index is -0.303. The second-order valence-electron chi connectivity index (χ2n) is 5.15. The number of aliphatic hydroxyl groups is 1. The summed E-state index contributed by atoms with van der Waals surface area (Å²) in [5.41, 5.74) is 2.64. The molecule has 0 saturated heterocycles. The molecule has 0 aliphatic rings. The molecule has 0 fully saturated rings. The Bertz CT molecular complexity index is 769. The maximum Gasteiger partial charge on any atom is 0.248 e. The molecule has 1 aromatic carbocycles. The van der Waals surface area contributed by atoms with E-state index in [4.69, 9.17) is 16.3 Å². The maximum atomic E-state index is 12.1. The second-order valence-corrected chi connectivity index (χ2v) is 5.51. The molecule has 0 unspecified atom stereocenters. The third kappa shape index (κ3) is 4.15. The van der Waals surface area contributed by atoms with E-state index in [1.54, 1.807) is 36.0 Å². The lowest BCUT2D eigenvalue weighted by Gasteiger charge is -2.10. The van der Waals surface area contributed by atoms with Crippen LogP contribution in [0.2, 0.25) is 5.15 Å². The number of hydrogen-bond donors (Lipinski definition) is 2. The molecule has 0 aliphatic heterocycles. The van der Waals surface area contributed by atoms with Crippen LogP contribution in [0.5, 0.6) is 5.75 Å². The van der Waals surface area contributed by atoms with Crippen LogP contribution in [-0.2, 0) is 18.4 Å². The molecule has 0 spiro atoms. The van der Waals surface area contributed by atoms with Crippen molar-refractivity contribution in [3.8, 4) is 5.75 Å². The van der Waals surface area contributed by atoms with Gasteiger partial charge in [0.15, 0.2) is 0 Å². The van der Waals surface area contributed by atoms with Gasteiger partial charge in [0.1, 0.15) is 10.9 Å². The molecule has 24 heavy (non-hydrogen) atoms. The van der Waals surface area contributed by atoms with Gasteiger partial charge in [0, 0.05) is 29.9 Å². The number of carbonyl (C=O) groups excluding carboxylic acids is 1. The molecule has 128 valence electrons. The third-order valence-corrected chi connectivity index (χ3v) is 3.84. The first kappa shape index (κ1) is 18.0. The highest BCUT2D eigenvalue weighted by Gasteiger charge is 2.09. The van der Waals surface area contributed by atoms with Gasteiger partial charge in [-0.1, -0.05) is 11.6 Å². The van der Waals surface area contributed by atoms with E-state index in [1.807, 2.05) is 13.8 Å². The zero-order valence-corrected chi connectivity index (χ0v) is 14.6. The summed E-state index contributed by atoms with van der Waals surface area (Å²) in [7, 11) is 1.74. The number of halogens is 1. The van der Waals surface area contributed by atoms with Crippen LogP contribution in [0.1, 0.15) is 23.7 Å². The number of anilines is 1. The predicted molar refractivity (Wildman–Crippen MR) is 94.2 cm³/mol. The smallest absolute Gasteiger partial charge is 0.248 e. The number of rotatable bonds is 6. The van der Waals surface area contributed by atoms with Gasteiger partial charge < -0.3 is 15.2 Å². The fourth-order valence-electron chi connectivity index (χ4n) is 2.26. The van der Waals surface area contributed by atoms with Crippen LogP contribution >= 0.6 is 11.6 Å². The number of hydrogen-bond acceptors (Lipinski definition) is 4. The van der Waals surface area contributed by atoms with Gasteiger partial charge in [-0.25, -0.2) is 0 Å². The first-order chi connectivity index (χ1) is 11.5. The molecule has 0 saturated carbocycles. The van der Waals surface area contributed by atoms with Crippen LogP contribution < -0.4 is 10.1 Å². The standard InChI is InChI=1S/C17H20ClN3O3/c1-4-24-15-7-5-13(9-12(15)10-22)19-16(23)8-6-14-11(2)20-21(3)17(14)18/h5-9,22H,4,10H2,1-3H3,(H,19,23)/b8-6+. The van der Waals surface area contributed by atoms with Crippen molar-refractivity contribution in [3.63, 3.8) is 0 Å². The zero-order chi connectivity index (χ0) is 17.7. The lowest BCUT2D eigenvalue weighted by atomic mass is 10.2. The van der Waals surface area contributed by atoms with Gasteiger partial charge in [-0.3, -0.25) is 9.48 Å². The lowest BCUT2D eigenvalue weighted by Crippen LogP contribution is -2.08. The summed E-state index contributed by atoms with van der Waals surface area (Å²) in [5.74, 6) is 0.300. The van der Waals surface area contributed by atoms with Crippen molar-refractivity contribution in [2.45, 2.75) is 20.5 Å².